The summed E-state index contributed by atoms with van der Waals surface area (Å²) >= 11 is 5.86. The van der Waals surface area contributed by atoms with Gasteiger partial charge in [-0.05, 0) is 54.8 Å². The number of amides is 1. The van der Waals surface area contributed by atoms with Crippen molar-refractivity contribution < 1.29 is 9.18 Å². The summed E-state index contributed by atoms with van der Waals surface area (Å²) in [6.07, 6.45) is 1.94. The van der Waals surface area contributed by atoms with Gasteiger partial charge in [0.2, 0.25) is 0 Å². The fraction of sp³-hybridized carbons (Fsp3) is 0.278. The first-order chi connectivity index (χ1) is 11.1. The number of nitrogens with one attached hydrogen (secondary N) is 2. The van der Waals surface area contributed by atoms with Crippen molar-refractivity contribution in [2.24, 2.45) is 0 Å². The van der Waals surface area contributed by atoms with E-state index in [0.29, 0.717) is 5.02 Å². The Balaban J connectivity index is 0.00000208. The lowest BCUT2D eigenvalue weighted by Crippen LogP contribution is -2.45. The molecule has 2 aromatic rings. The Morgan fingerprint density at radius 3 is 2.50 bits per heavy atom. The fourth-order valence-electron chi connectivity index (χ4n) is 2.76. The molecule has 24 heavy (non-hydrogen) atoms. The highest BCUT2D eigenvalue weighted by molar-refractivity contribution is 6.30. The standard InChI is InChI=1S/C18H18ClFN2O.ClH/c19-14-6-3-12(4-7-14)13-5-8-16(17(20)10-13)18(23)22-15-2-1-9-21-11-15;/h3-8,10,15,21H,1-2,9,11H2,(H,22,23);1H. The van der Waals surface area contributed by atoms with Gasteiger partial charge in [0, 0.05) is 17.6 Å². The number of rotatable bonds is 3. The molecular weight excluding hydrogens is 350 g/mol. The predicted molar refractivity (Wildman–Crippen MR) is 97.5 cm³/mol. The Labute approximate surface area is 152 Å². The highest BCUT2D eigenvalue weighted by Crippen LogP contribution is 2.23. The first-order valence-electron chi connectivity index (χ1n) is 7.70. The number of hydrogen-bond acceptors (Lipinski definition) is 2. The van der Waals surface area contributed by atoms with Crippen molar-refractivity contribution in [1.82, 2.24) is 10.6 Å². The van der Waals surface area contributed by atoms with Gasteiger partial charge in [0.1, 0.15) is 5.82 Å². The van der Waals surface area contributed by atoms with Crippen LogP contribution in [0.3, 0.4) is 0 Å². The molecule has 3 rings (SSSR count). The zero-order chi connectivity index (χ0) is 16.2. The highest BCUT2D eigenvalue weighted by atomic mass is 35.5. The molecule has 1 fully saturated rings. The average Bonchev–Trinajstić information content (AvgIpc) is 2.56. The van der Waals surface area contributed by atoms with Gasteiger partial charge in [0.15, 0.2) is 0 Å². The summed E-state index contributed by atoms with van der Waals surface area (Å²) in [6.45, 7) is 1.70. The van der Waals surface area contributed by atoms with Gasteiger partial charge in [0.05, 0.1) is 5.56 Å². The molecule has 1 heterocycles. The van der Waals surface area contributed by atoms with Gasteiger partial charge in [-0.3, -0.25) is 4.79 Å². The quantitative estimate of drug-likeness (QED) is 0.857. The molecule has 1 aliphatic heterocycles. The van der Waals surface area contributed by atoms with E-state index in [1.165, 1.54) is 12.1 Å². The van der Waals surface area contributed by atoms with Crippen LogP contribution in [0.2, 0.25) is 5.02 Å². The van der Waals surface area contributed by atoms with E-state index < -0.39 is 5.82 Å². The normalized spacial score (nSPS) is 17.0. The van der Waals surface area contributed by atoms with Gasteiger partial charge < -0.3 is 10.6 Å². The third kappa shape index (κ3) is 4.47. The SMILES string of the molecule is Cl.O=C(NC1CCCNC1)c1ccc(-c2ccc(Cl)cc2)cc1F. The minimum atomic E-state index is -0.515. The largest absolute Gasteiger partial charge is 0.348 e. The van der Waals surface area contributed by atoms with Crippen LogP contribution < -0.4 is 10.6 Å². The molecule has 6 heteroatoms. The molecule has 1 atom stereocenters. The number of benzene rings is 2. The van der Waals surface area contributed by atoms with Gasteiger partial charge in [-0.15, -0.1) is 12.4 Å². The summed E-state index contributed by atoms with van der Waals surface area (Å²) in [5.74, 6) is -0.877. The van der Waals surface area contributed by atoms with Crippen molar-refractivity contribution in [1.29, 1.82) is 0 Å². The predicted octanol–water partition coefficient (Wildman–Crippen LogP) is 4.05. The molecule has 0 spiro atoms. The zero-order valence-corrected chi connectivity index (χ0v) is 14.6. The van der Waals surface area contributed by atoms with Gasteiger partial charge in [0.25, 0.3) is 5.91 Å². The molecule has 1 aliphatic rings. The Bertz CT molecular complexity index is 701. The van der Waals surface area contributed by atoms with Crippen molar-refractivity contribution in [2.45, 2.75) is 18.9 Å². The Morgan fingerprint density at radius 1 is 1.17 bits per heavy atom. The van der Waals surface area contributed by atoms with Gasteiger partial charge in [-0.1, -0.05) is 29.8 Å². The molecule has 2 aromatic carbocycles. The third-order valence-electron chi connectivity index (χ3n) is 4.02. The highest BCUT2D eigenvalue weighted by Gasteiger charge is 2.18. The molecule has 0 aliphatic carbocycles. The molecule has 1 saturated heterocycles. The van der Waals surface area contributed by atoms with Crippen LogP contribution in [0.4, 0.5) is 4.39 Å². The second kappa shape index (κ2) is 8.47. The van der Waals surface area contributed by atoms with Crippen LogP contribution in [0.15, 0.2) is 42.5 Å². The fourth-order valence-corrected chi connectivity index (χ4v) is 2.89. The van der Waals surface area contributed by atoms with Crippen LogP contribution in [0.25, 0.3) is 11.1 Å². The maximum Gasteiger partial charge on any atom is 0.254 e. The lowest BCUT2D eigenvalue weighted by atomic mass is 10.0. The summed E-state index contributed by atoms with van der Waals surface area (Å²) in [5, 5.41) is 6.74. The molecule has 1 unspecified atom stereocenters. The summed E-state index contributed by atoms with van der Waals surface area (Å²) in [6, 6.07) is 11.9. The molecule has 128 valence electrons. The number of piperidine rings is 1. The second-order valence-electron chi connectivity index (χ2n) is 5.72. The third-order valence-corrected chi connectivity index (χ3v) is 4.28. The van der Waals surface area contributed by atoms with E-state index in [1.54, 1.807) is 18.2 Å². The summed E-state index contributed by atoms with van der Waals surface area (Å²) in [5.41, 5.74) is 1.65. The first kappa shape index (κ1) is 18.7. The van der Waals surface area contributed by atoms with Gasteiger partial charge in [-0.2, -0.15) is 0 Å². The van der Waals surface area contributed by atoms with Crippen molar-refractivity contribution in [3.8, 4) is 11.1 Å². The van der Waals surface area contributed by atoms with E-state index in [1.807, 2.05) is 12.1 Å². The molecule has 1 amide bonds. The van der Waals surface area contributed by atoms with Crippen LogP contribution in [-0.2, 0) is 0 Å². The van der Waals surface area contributed by atoms with E-state index >= 15 is 0 Å². The molecule has 0 aromatic heterocycles. The van der Waals surface area contributed by atoms with Crippen LogP contribution in [0, 0.1) is 5.82 Å². The number of carbonyl (C=O) groups is 1. The summed E-state index contributed by atoms with van der Waals surface area (Å²) in [7, 11) is 0. The maximum atomic E-state index is 14.3. The lowest BCUT2D eigenvalue weighted by molar-refractivity contribution is 0.0926. The molecular formula is C18H19Cl2FN2O. The average molecular weight is 369 g/mol. The van der Waals surface area contributed by atoms with Crippen molar-refractivity contribution >= 4 is 29.9 Å². The number of hydrogen-bond donors (Lipinski definition) is 2. The summed E-state index contributed by atoms with van der Waals surface area (Å²) < 4.78 is 14.3. The molecule has 0 saturated carbocycles. The number of halogens is 3. The van der Waals surface area contributed by atoms with Crippen LogP contribution >= 0.6 is 24.0 Å². The first-order valence-corrected chi connectivity index (χ1v) is 8.08. The Morgan fingerprint density at radius 2 is 1.88 bits per heavy atom. The molecule has 2 N–H and O–H groups in total. The second-order valence-corrected chi connectivity index (χ2v) is 6.15. The van der Waals surface area contributed by atoms with Crippen LogP contribution in [-0.4, -0.2) is 25.0 Å². The van der Waals surface area contributed by atoms with Gasteiger partial charge in [-0.25, -0.2) is 4.39 Å². The lowest BCUT2D eigenvalue weighted by Gasteiger charge is -2.23. The van der Waals surface area contributed by atoms with Crippen LogP contribution in [0.5, 0.6) is 0 Å². The van der Waals surface area contributed by atoms with Crippen LogP contribution in [0.1, 0.15) is 23.2 Å². The zero-order valence-electron chi connectivity index (χ0n) is 13.0. The minimum Gasteiger partial charge on any atom is -0.348 e. The van der Waals surface area contributed by atoms with E-state index in [4.69, 9.17) is 11.6 Å². The minimum absolute atomic E-state index is 0. The number of carbonyl (C=O) groups excluding carboxylic acids is 1. The molecule has 3 nitrogen and oxygen atoms in total. The molecule has 0 bridgehead atoms. The topological polar surface area (TPSA) is 41.1 Å². The van der Waals surface area contributed by atoms with Crippen molar-refractivity contribution in [2.75, 3.05) is 13.1 Å². The summed E-state index contributed by atoms with van der Waals surface area (Å²) in [4.78, 5) is 12.2. The van der Waals surface area contributed by atoms with E-state index in [9.17, 15) is 9.18 Å². The van der Waals surface area contributed by atoms with Gasteiger partial charge >= 0.3 is 0 Å². The van der Waals surface area contributed by atoms with E-state index in [-0.39, 0.29) is 29.9 Å². The monoisotopic (exact) mass is 368 g/mol. The Kier molecular flexibility index (Phi) is 6.60. The molecule has 0 radical (unpaired) electrons. The maximum absolute atomic E-state index is 14.3. The van der Waals surface area contributed by atoms with Crippen molar-refractivity contribution in [3.63, 3.8) is 0 Å². The van der Waals surface area contributed by atoms with E-state index in [2.05, 4.69) is 10.6 Å². The smallest absolute Gasteiger partial charge is 0.254 e. The van der Waals surface area contributed by atoms with E-state index in [0.717, 1.165) is 37.1 Å². The van der Waals surface area contributed by atoms with Crippen molar-refractivity contribution in [3.05, 3.63) is 58.9 Å². The Hall–Kier alpha value is -1.62.